The SMILES string of the molecule is COc1ncc(F)cc1S(=O)(=O)Nc1ccc(F)c(CCOc2cnc3c(c2)c(C2CC2)nn3COCC[Si](C)(C)C)c1F. The summed E-state index contributed by atoms with van der Waals surface area (Å²) in [6, 6.07) is 5.43. The number of ether oxygens (including phenoxy) is 3. The van der Waals surface area contributed by atoms with Gasteiger partial charge in [-0.3, -0.25) is 4.72 Å². The van der Waals surface area contributed by atoms with Crippen molar-refractivity contribution in [3.05, 3.63) is 65.4 Å². The van der Waals surface area contributed by atoms with Crippen molar-refractivity contribution >= 4 is 34.8 Å². The van der Waals surface area contributed by atoms with Crippen molar-refractivity contribution in [2.45, 2.75) is 62.5 Å². The van der Waals surface area contributed by atoms with Gasteiger partial charge >= 0.3 is 0 Å². The molecule has 1 aromatic carbocycles. The lowest BCUT2D eigenvalue weighted by Crippen LogP contribution is -2.22. The highest BCUT2D eigenvalue weighted by molar-refractivity contribution is 7.92. The molecule has 0 aliphatic heterocycles. The molecule has 5 rings (SSSR count). The molecule has 10 nitrogen and oxygen atoms in total. The van der Waals surface area contributed by atoms with Crippen molar-refractivity contribution in [2.75, 3.05) is 25.0 Å². The molecule has 1 N–H and O–H groups in total. The first kappa shape index (κ1) is 31.7. The smallest absolute Gasteiger partial charge is 0.267 e. The number of pyridine rings is 2. The van der Waals surface area contributed by atoms with E-state index in [0.29, 0.717) is 36.7 Å². The molecule has 4 aromatic rings. The second-order valence-electron chi connectivity index (χ2n) is 11.8. The standard InChI is InChI=1S/C29H34F3N5O5SSi/c1-40-29-25(13-19(30)15-34-29)43(38,39)36-24-8-7-23(31)21(26(24)32)9-10-42-20-14-22-27(18-5-6-18)35-37(28(22)33-16-20)17-41-11-12-44(2,3)4/h7-8,13-16,18,36H,5-6,9-12,17H2,1-4H3. The zero-order valence-electron chi connectivity index (χ0n) is 24.9. The largest absolute Gasteiger partial charge is 0.492 e. The van der Waals surface area contributed by atoms with Crippen LogP contribution in [0, 0.1) is 17.5 Å². The fourth-order valence-electron chi connectivity index (χ4n) is 4.55. The lowest BCUT2D eigenvalue weighted by atomic mass is 10.1. The van der Waals surface area contributed by atoms with E-state index >= 15 is 4.39 Å². The number of methoxy groups -OCH3 is 1. The van der Waals surface area contributed by atoms with Gasteiger partial charge in [-0.25, -0.2) is 36.2 Å². The molecule has 0 unspecified atom stereocenters. The Bertz CT molecular complexity index is 1780. The fourth-order valence-corrected chi connectivity index (χ4v) is 6.50. The van der Waals surface area contributed by atoms with Crippen LogP contribution in [0.5, 0.6) is 11.6 Å². The minimum atomic E-state index is -4.53. The molecule has 15 heteroatoms. The molecule has 0 amide bonds. The van der Waals surface area contributed by atoms with Crippen LogP contribution in [-0.2, 0) is 27.9 Å². The summed E-state index contributed by atoms with van der Waals surface area (Å²) in [5, 5.41) is 5.59. The van der Waals surface area contributed by atoms with Crippen molar-refractivity contribution in [3.8, 4) is 11.6 Å². The predicted octanol–water partition coefficient (Wildman–Crippen LogP) is 5.86. The van der Waals surface area contributed by atoms with Gasteiger partial charge < -0.3 is 14.2 Å². The van der Waals surface area contributed by atoms with Gasteiger partial charge in [-0.1, -0.05) is 19.6 Å². The van der Waals surface area contributed by atoms with Crippen molar-refractivity contribution in [3.63, 3.8) is 0 Å². The topological polar surface area (TPSA) is 117 Å². The van der Waals surface area contributed by atoms with Crippen LogP contribution in [-0.4, -0.2) is 56.6 Å². The third kappa shape index (κ3) is 7.33. The summed E-state index contributed by atoms with van der Waals surface area (Å²) in [5.74, 6) is -2.57. The molecular weight excluding hydrogens is 615 g/mol. The minimum Gasteiger partial charge on any atom is -0.492 e. The predicted molar refractivity (Wildman–Crippen MR) is 161 cm³/mol. The van der Waals surface area contributed by atoms with Crippen molar-refractivity contribution in [1.82, 2.24) is 19.7 Å². The maximum atomic E-state index is 15.3. The number of hydrogen-bond acceptors (Lipinski definition) is 8. The maximum Gasteiger partial charge on any atom is 0.267 e. The van der Waals surface area contributed by atoms with Gasteiger partial charge in [0.25, 0.3) is 10.0 Å². The van der Waals surface area contributed by atoms with Crippen LogP contribution in [0.3, 0.4) is 0 Å². The first-order chi connectivity index (χ1) is 20.9. The number of sulfonamides is 1. The molecule has 1 fully saturated rings. The van der Waals surface area contributed by atoms with Crippen molar-refractivity contribution < 1.29 is 35.8 Å². The molecule has 3 heterocycles. The van der Waals surface area contributed by atoms with Crippen LogP contribution >= 0.6 is 0 Å². The molecule has 1 aliphatic rings. The summed E-state index contributed by atoms with van der Waals surface area (Å²) in [6.45, 7) is 7.70. The minimum absolute atomic E-state index is 0.119. The van der Waals surface area contributed by atoms with Crippen molar-refractivity contribution in [2.24, 2.45) is 0 Å². The first-order valence-electron chi connectivity index (χ1n) is 14.1. The monoisotopic (exact) mass is 649 g/mol. The van der Waals surface area contributed by atoms with Gasteiger partial charge in [0.15, 0.2) is 16.4 Å². The number of anilines is 1. The van der Waals surface area contributed by atoms with Crippen LogP contribution < -0.4 is 14.2 Å². The van der Waals surface area contributed by atoms with Gasteiger partial charge in [-0.05, 0) is 37.1 Å². The summed E-state index contributed by atoms with van der Waals surface area (Å²) in [4.78, 5) is 7.49. The van der Waals surface area contributed by atoms with E-state index in [2.05, 4.69) is 29.6 Å². The van der Waals surface area contributed by atoms with Crippen LogP contribution in [0.4, 0.5) is 18.9 Å². The summed E-state index contributed by atoms with van der Waals surface area (Å²) >= 11 is 0. The third-order valence-corrected chi connectivity index (χ3v) is 10.1. The van der Waals surface area contributed by atoms with Crippen LogP contribution in [0.15, 0.2) is 41.6 Å². The van der Waals surface area contributed by atoms with Gasteiger partial charge in [0, 0.05) is 44.0 Å². The second-order valence-corrected chi connectivity index (χ2v) is 19.1. The van der Waals surface area contributed by atoms with Crippen LogP contribution in [0.1, 0.15) is 30.0 Å². The molecule has 1 aliphatic carbocycles. The van der Waals surface area contributed by atoms with Gasteiger partial charge in [-0.2, -0.15) is 5.10 Å². The Balaban J connectivity index is 1.28. The number of benzene rings is 1. The number of nitrogens with zero attached hydrogens (tertiary/aromatic N) is 4. The van der Waals surface area contributed by atoms with E-state index in [4.69, 9.17) is 19.3 Å². The van der Waals surface area contributed by atoms with Gasteiger partial charge in [0.1, 0.15) is 24.1 Å². The Morgan fingerprint density at radius 1 is 1.07 bits per heavy atom. The Hall–Kier alpha value is -3.69. The molecule has 3 aromatic heterocycles. The van der Waals surface area contributed by atoms with E-state index in [0.717, 1.165) is 55.4 Å². The molecule has 236 valence electrons. The van der Waals surface area contributed by atoms with E-state index in [1.807, 2.05) is 10.8 Å². The molecule has 0 bridgehead atoms. The zero-order valence-corrected chi connectivity index (χ0v) is 26.7. The highest BCUT2D eigenvalue weighted by atomic mass is 32.2. The van der Waals surface area contributed by atoms with Crippen LogP contribution in [0.25, 0.3) is 11.0 Å². The number of hydrogen-bond donors (Lipinski definition) is 1. The van der Waals surface area contributed by atoms with Crippen molar-refractivity contribution in [1.29, 1.82) is 0 Å². The summed E-state index contributed by atoms with van der Waals surface area (Å²) in [5.41, 5.74) is 0.693. The average Bonchev–Trinajstić information content (AvgIpc) is 3.75. The second kappa shape index (κ2) is 12.7. The van der Waals surface area contributed by atoms with E-state index in [9.17, 15) is 17.2 Å². The summed E-state index contributed by atoms with van der Waals surface area (Å²) in [6.07, 6.45) is 4.17. The molecule has 44 heavy (non-hydrogen) atoms. The Kier molecular flexibility index (Phi) is 9.18. The molecule has 0 spiro atoms. The maximum absolute atomic E-state index is 15.3. The number of fused-ring (bicyclic) bond motifs is 1. The van der Waals surface area contributed by atoms with E-state index in [1.165, 1.54) is 6.20 Å². The molecular formula is C29H34F3N5O5SSi. The first-order valence-corrected chi connectivity index (χ1v) is 19.3. The fraction of sp³-hybridized carbons (Fsp3) is 0.414. The summed E-state index contributed by atoms with van der Waals surface area (Å²) < 4.78 is 89.9. The van der Waals surface area contributed by atoms with E-state index < -0.39 is 46.1 Å². The van der Waals surface area contributed by atoms with Gasteiger partial charge in [-0.15, -0.1) is 0 Å². The number of aromatic nitrogens is 4. The Morgan fingerprint density at radius 3 is 2.55 bits per heavy atom. The third-order valence-electron chi connectivity index (χ3n) is 7.08. The number of halogens is 3. The summed E-state index contributed by atoms with van der Waals surface area (Å²) in [7, 11) is -4.59. The Morgan fingerprint density at radius 2 is 1.84 bits per heavy atom. The molecule has 0 saturated heterocycles. The number of rotatable bonds is 14. The molecule has 0 radical (unpaired) electrons. The quantitative estimate of drug-likeness (QED) is 0.133. The lowest BCUT2D eigenvalue weighted by molar-refractivity contribution is 0.0810. The van der Waals surface area contributed by atoms with Crippen LogP contribution in [0.2, 0.25) is 25.7 Å². The normalized spacial score (nSPS) is 13.8. The highest BCUT2D eigenvalue weighted by Crippen LogP contribution is 2.42. The van der Waals surface area contributed by atoms with E-state index in [1.54, 1.807) is 4.68 Å². The lowest BCUT2D eigenvalue weighted by Gasteiger charge is -2.15. The average molecular weight is 650 g/mol. The van der Waals surface area contributed by atoms with Gasteiger partial charge in [0.05, 0.1) is 37.5 Å². The highest BCUT2D eigenvalue weighted by Gasteiger charge is 2.30. The number of nitrogens with one attached hydrogen (secondary N) is 1. The van der Waals surface area contributed by atoms with Gasteiger partial charge in [0.2, 0.25) is 5.88 Å². The molecule has 1 saturated carbocycles. The van der Waals surface area contributed by atoms with E-state index in [-0.39, 0.29) is 24.5 Å². The Labute approximate surface area is 254 Å². The zero-order chi connectivity index (χ0) is 31.6. The molecule has 0 atom stereocenters.